The first-order valence-corrected chi connectivity index (χ1v) is 6.04. The number of hydrogen-bond donors (Lipinski definition) is 1. The Morgan fingerprint density at radius 1 is 1.07 bits per heavy atom. The molecule has 15 heavy (non-hydrogen) atoms. The minimum absolute atomic E-state index is 0.668. The Hall–Kier alpha value is -0.820. The van der Waals surface area contributed by atoms with Crippen molar-refractivity contribution in [2.75, 3.05) is 7.05 Å². The molecule has 0 aromatic heterocycles. The van der Waals surface area contributed by atoms with Gasteiger partial charge in [0.25, 0.3) is 0 Å². The van der Waals surface area contributed by atoms with Gasteiger partial charge in [-0.15, -0.1) is 0 Å². The van der Waals surface area contributed by atoms with E-state index in [4.69, 9.17) is 0 Å². The van der Waals surface area contributed by atoms with Gasteiger partial charge in [-0.25, -0.2) is 0 Å². The van der Waals surface area contributed by atoms with Crippen LogP contribution < -0.4 is 5.32 Å². The average molecular weight is 205 g/mol. The maximum absolute atomic E-state index is 3.27. The standard InChI is InChI=1S/C14H23N/c1-13(15-2)9-5-3-6-10-14-11-7-4-8-12-14/h4,7-8,11-13,15H,3,5-6,9-10H2,1-2H3. The highest BCUT2D eigenvalue weighted by molar-refractivity contribution is 5.14. The lowest BCUT2D eigenvalue weighted by molar-refractivity contribution is 0.520. The van der Waals surface area contributed by atoms with Crippen LogP contribution in [0.25, 0.3) is 0 Å². The fourth-order valence-electron chi connectivity index (χ4n) is 1.75. The summed E-state index contributed by atoms with van der Waals surface area (Å²) in [6, 6.07) is 11.4. The van der Waals surface area contributed by atoms with Crippen LogP contribution in [-0.2, 0) is 6.42 Å². The summed E-state index contributed by atoms with van der Waals surface area (Å²) >= 11 is 0. The zero-order valence-corrected chi connectivity index (χ0v) is 10.00. The van der Waals surface area contributed by atoms with Crippen molar-refractivity contribution in [2.24, 2.45) is 0 Å². The molecule has 0 heterocycles. The summed E-state index contributed by atoms with van der Waals surface area (Å²) in [5.74, 6) is 0. The molecule has 1 atom stereocenters. The van der Waals surface area contributed by atoms with E-state index in [0.717, 1.165) is 0 Å². The molecule has 0 spiro atoms. The first kappa shape index (κ1) is 12.3. The lowest BCUT2D eigenvalue weighted by atomic mass is 10.0. The first-order valence-electron chi connectivity index (χ1n) is 6.04. The molecule has 0 aliphatic heterocycles. The van der Waals surface area contributed by atoms with E-state index in [-0.39, 0.29) is 0 Å². The molecule has 0 saturated carbocycles. The molecule has 0 saturated heterocycles. The molecule has 1 aromatic rings. The monoisotopic (exact) mass is 205 g/mol. The van der Waals surface area contributed by atoms with Gasteiger partial charge in [0.15, 0.2) is 0 Å². The van der Waals surface area contributed by atoms with Crippen molar-refractivity contribution in [2.45, 2.75) is 45.1 Å². The molecule has 0 radical (unpaired) electrons. The molecule has 1 nitrogen and oxygen atoms in total. The zero-order chi connectivity index (χ0) is 10.9. The van der Waals surface area contributed by atoms with Gasteiger partial charge in [0.05, 0.1) is 0 Å². The quantitative estimate of drug-likeness (QED) is 0.673. The molecule has 0 aliphatic carbocycles. The van der Waals surface area contributed by atoms with Gasteiger partial charge < -0.3 is 5.32 Å². The molecular weight excluding hydrogens is 182 g/mol. The average Bonchev–Trinajstić information content (AvgIpc) is 2.29. The molecule has 1 aromatic carbocycles. The fourth-order valence-corrected chi connectivity index (χ4v) is 1.75. The normalized spacial score (nSPS) is 12.7. The van der Waals surface area contributed by atoms with Gasteiger partial charge in [-0.05, 0) is 38.8 Å². The molecule has 0 bridgehead atoms. The van der Waals surface area contributed by atoms with Crippen LogP contribution >= 0.6 is 0 Å². The molecule has 1 heteroatoms. The van der Waals surface area contributed by atoms with Gasteiger partial charge in [0, 0.05) is 6.04 Å². The number of aryl methyl sites for hydroxylation is 1. The Bertz CT molecular complexity index is 243. The molecular formula is C14H23N. The van der Waals surface area contributed by atoms with Crippen LogP contribution in [0.5, 0.6) is 0 Å². The number of unbranched alkanes of at least 4 members (excludes halogenated alkanes) is 2. The van der Waals surface area contributed by atoms with Gasteiger partial charge in [0.2, 0.25) is 0 Å². The highest BCUT2D eigenvalue weighted by atomic mass is 14.8. The smallest absolute Gasteiger partial charge is 0.00357 e. The predicted octanol–water partition coefficient (Wildman–Crippen LogP) is 3.40. The van der Waals surface area contributed by atoms with Gasteiger partial charge in [-0.1, -0.05) is 43.2 Å². The lowest BCUT2D eigenvalue weighted by Gasteiger charge is -2.09. The van der Waals surface area contributed by atoms with Crippen LogP contribution in [-0.4, -0.2) is 13.1 Å². The molecule has 1 rings (SSSR count). The van der Waals surface area contributed by atoms with E-state index >= 15 is 0 Å². The van der Waals surface area contributed by atoms with E-state index in [1.807, 2.05) is 7.05 Å². The summed E-state index contributed by atoms with van der Waals surface area (Å²) in [7, 11) is 2.04. The largest absolute Gasteiger partial charge is 0.317 e. The van der Waals surface area contributed by atoms with Crippen LogP contribution in [0.1, 0.15) is 38.2 Å². The SMILES string of the molecule is CNC(C)CCCCCc1ccccc1. The summed E-state index contributed by atoms with van der Waals surface area (Å²) in [6.07, 6.45) is 6.54. The minimum Gasteiger partial charge on any atom is -0.317 e. The second-order valence-electron chi connectivity index (χ2n) is 4.27. The lowest BCUT2D eigenvalue weighted by Crippen LogP contribution is -2.20. The van der Waals surface area contributed by atoms with Crippen LogP contribution in [0.2, 0.25) is 0 Å². The number of benzene rings is 1. The van der Waals surface area contributed by atoms with E-state index in [1.165, 1.54) is 37.7 Å². The third-order valence-corrected chi connectivity index (χ3v) is 2.94. The Morgan fingerprint density at radius 3 is 2.47 bits per heavy atom. The number of rotatable bonds is 7. The number of hydrogen-bond acceptors (Lipinski definition) is 1. The Balaban J connectivity index is 2.03. The molecule has 84 valence electrons. The Labute approximate surface area is 93.9 Å². The van der Waals surface area contributed by atoms with Crippen molar-refractivity contribution in [3.05, 3.63) is 35.9 Å². The van der Waals surface area contributed by atoms with Crippen molar-refractivity contribution in [3.8, 4) is 0 Å². The van der Waals surface area contributed by atoms with Crippen LogP contribution in [0.3, 0.4) is 0 Å². The van der Waals surface area contributed by atoms with Crippen molar-refractivity contribution in [3.63, 3.8) is 0 Å². The Morgan fingerprint density at radius 2 is 1.80 bits per heavy atom. The molecule has 1 unspecified atom stereocenters. The molecule has 0 aliphatic rings. The highest BCUT2D eigenvalue weighted by Gasteiger charge is 1.97. The summed E-state index contributed by atoms with van der Waals surface area (Å²) in [5, 5.41) is 3.27. The van der Waals surface area contributed by atoms with Crippen molar-refractivity contribution >= 4 is 0 Å². The summed E-state index contributed by atoms with van der Waals surface area (Å²) in [4.78, 5) is 0. The minimum atomic E-state index is 0.668. The van der Waals surface area contributed by atoms with E-state index < -0.39 is 0 Å². The molecule has 0 fully saturated rings. The van der Waals surface area contributed by atoms with Gasteiger partial charge in [0.1, 0.15) is 0 Å². The summed E-state index contributed by atoms with van der Waals surface area (Å²) < 4.78 is 0. The van der Waals surface area contributed by atoms with Crippen molar-refractivity contribution in [1.29, 1.82) is 0 Å². The second kappa shape index (κ2) is 7.47. The maximum atomic E-state index is 3.27. The van der Waals surface area contributed by atoms with Gasteiger partial charge in [-0.2, -0.15) is 0 Å². The second-order valence-corrected chi connectivity index (χ2v) is 4.27. The van der Waals surface area contributed by atoms with E-state index in [0.29, 0.717) is 6.04 Å². The molecule has 0 amide bonds. The van der Waals surface area contributed by atoms with E-state index in [1.54, 1.807) is 0 Å². The maximum Gasteiger partial charge on any atom is 0.00357 e. The third kappa shape index (κ3) is 5.58. The fraction of sp³-hybridized carbons (Fsp3) is 0.571. The zero-order valence-electron chi connectivity index (χ0n) is 10.00. The topological polar surface area (TPSA) is 12.0 Å². The van der Waals surface area contributed by atoms with Crippen LogP contribution in [0.15, 0.2) is 30.3 Å². The van der Waals surface area contributed by atoms with Crippen molar-refractivity contribution < 1.29 is 0 Å². The van der Waals surface area contributed by atoms with E-state index in [9.17, 15) is 0 Å². The van der Waals surface area contributed by atoms with Crippen LogP contribution in [0, 0.1) is 0 Å². The Kier molecular flexibility index (Phi) is 6.10. The van der Waals surface area contributed by atoms with E-state index in [2.05, 4.69) is 42.6 Å². The van der Waals surface area contributed by atoms with Gasteiger partial charge in [-0.3, -0.25) is 0 Å². The highest BCUT2D eigenvalue weighted by Crippen LogP contribution is 2.08. The predicted molar refractivity (Wildman–Crippen MR) is 67.1 cm³/mol. The molecule has 1 N–H and O–H groups in total. The third-order valence-electron chi connectivity index (χ3n) is 2.94. The number of nitrogens with one attached hydrogen (secondary N) is 1. The van der Waals surface area contributed by atoms with Gasteiger partial charge >= 0.3 is 0 Å². The van der Waals surface area contributed by atoms with Crippen molar-refractivity contribution in [1.82, 2.24) is 5.32 Å². The summed E-state index contributed by atoms with van der Waals surface area (Å²) in [5.41, 5.74) is 1.47. The van der Waals surface area contributed by atoms with Crippen LogP contribution in [0.4, 0.5) is 0 Å². The summed E-state index contributed by atoms with van der Waals surface area (Å²) in [6.45, 7) is 2.25. The first-order chi connectivity index (χ1) is 7.33.